The Bertz CT molecular complexity index is 4920. The molecule has 0 N–H and O–H groups in total. The number of rotatable bonds is 7. The summed E-state index contributed by atoms with van der Waals surface area (Å²) in [5, 5.41) is 8.36. The third-order valence-corrected chi connectivity index (χ3v) is 16.6. The van der Waals surface area contributed by atoms with Crippen molar-refractivity contribution in [1.29, 1.82) is 0 Å². The lowest BCUT2D eigenvalue weighted by molar-refractivity contribution is 1.17. The fourth-order valence-electron chi connectivity index (χ4n) is 12.2. The summed E-state index contributed by atoms with van der Waals surface area (Å²) in [5.41, 5.74) is 18.6. The van der Waals surface area contributed by atoms with E-state index < -0.39 is 0 Å². The molecule has 0 saturated carbocycles. The van der Waals surface area contributed by atoms with Gasteiger partial charge in [0.05, 0.1) is 54.7 Å². The van der Waals surface area contributed by atoms with Crippen molar-refractivity contribution in [2.24, 2.45) is 0 Å². The van der Waals surface area contributed by atoms with Crippen molar-refractivity contribution in [3.63, 3.8) is 0 Å². The van der Waals surface area contributed by atoms with E-state index in [1.54, 1.807) is 11.3 Å². The first-order chi connectivity index (χ1) is 37.7. The summed E-state index contributed by atoms with van der Waals surface area (Å²) < 4.78 is 9.69. The SMILES string of the molecule is c1ccc(-c2nc(-c3cc(-c4ccccc4)c(-n4c5ccc(-n6c7ccccc7c7ccccc76)cc5c5ccc6c(c7ccccc7n6-c6ccccc6)c54)cc3-c3ccccc3)c3sc4ccccc4c3n2)cc1. The smallest absolute Gasteiger partial charge is 0.160 e. The number of benzene rings is 11. The van der Waals surface area contributed by atoms with Gasteiger partial charge in [-0.2, -0.15) is 0 Å². The predicted molar refractivity (Wildman–Crippen MR) is 320 cm³/mol. The summed E-state index contributed by atoms with van der Waals surface area (Å²) in [4.78, 5) is 11.0. The molecule has 0 spiro atoms. The second kappa shape index (κ2) is 16.8. The standard InChI is InChI=1S/C70H43N5S/c1-5-21-44(22-6-1)54-43-63(55(45-23-7-2-8-24-45)42-57(54)67-69-66(53-32-16-20-36-64(53)76-69)71-70(72-67)46-25-9-3-10-26-46)75-61-39-37-48(74-58-33-17-13-29-49(58)50-30-14-18-34-59(50)74)41-56(61)51-38-40-62-65(68(51)75)52-31-15-19-35-60(52)73(62)47-27-11-4-12-28-47/h1-43H. The van der Waals surface area contributed by atoms with Gasteiger partial charge in [0.25, 0.3) is 0 Å². The topological polar surface area (TPSA) is 40.6 Å². The van der Waals surface area contributed by atoms with Gasteiger partial charge in [0, 0.05) is 70.5 Å². The number of para-hydroxylation sites is 4. The van der Waals surface area contributed by atoms with Crippen molar-refractivity contribution in [2.45, 2.75) is 0 Å². The van der Waals surface area contributed by atoms with Crippen LogP contribution in [0, 0.1) is 0 Å². The van der Waals surface area contributed by atoms with E-state index in [0.717, 1.165) is 93.8 Å². The molecule has 0 atom stereocenters. The van der Waals surface area contributed by atoms with E-state index in [9.17, 15) is 0 Å². The molecule has 5 nitrogen and oxygen atoms in total. The molecule has 11 aromatic carbocycles. The summed E-state index contributed by atoms with van der Waals surface area (Å²) in [5.74, 6) is 0.703. The molecule has 5 heterocycles. The number of fused-ring (bicyclic) bond motifs is 13. The average molecular weight is 986 g/mol. The summed E-state index contributed by atoms with van der Waals surface area (Å²) in [7, 11) is 0. The zero-order valence-electron chi connectivity index (χ0n) is 41.0. The molecule has 0 bridgehead atoms. The Hall–Kier alpha value is -9.88. The van der Waals surface area contributed by atoms with Gasteiger partial charge in [0.1, 0.15) is 0 Å². The Balaban J connectivity index is 1.08. The first kappa shape index (κ1) is 42.6. The third-order valence-electron chi connectivity index (χ3n) is 15.5. The van der Waals surface area contributed by atoms with Gasteiger partial charge < -0.3 is 13.7 Å². The van der Waals surface area contributed by atoms with Gasteiger partial charge in [-0.1, -0.05) is 188 Å². The molecule has 76 heavy (non-hydrogen) atoms. The minimum absolute atomic E-state index is 0.703. The zero-order valence-corrected chi connectivity index (χ0v) is 41.8. The van der Waals surface area contributed by atoms with Gasteiger partial charge >= 0.3 is 0 Å². The van der Waals surface area contributed by atoms with Crippen LogP contribution in [0.25, 0.3) is 148 Å². The quantitative estimate of drug-likeness (QED) is 0.160. The van der Waals surface area contributed by atoms with Crippen molar-refractivity contribution in [3.05, 3.63) is 261 Å². The van der Waals surface area contributed by atoms with E-state index in [1.165, 1.54) is 48.1 Å². The highest BCUT2D eigenvalue weighted by Gasteiger charge is 2.27. The lowest BCUT2D eigenvalue weighted by atomic mass is 9.91. The number of thiophene rings is 1. The van der Waals surface area contributed by atoms with E-state index in [-0.39, 0.29) is 0 Å². The number of hydrogen-bond acceptors (Lipinski definition) is 3. The van der Waals surface area contributed by atoms with E-state index in [1.807, 2.05) is 6.07 Å². The monoisotopic (exact) mass is 985 g/mol. The predicted octanol–water partition coefficient (Wildman–Crippen LogP) is 18.8. The highest BCUT2D eigenvalue weighted by molar-refractivity contribution is 7.26. The molecule has 5 aromatic heterocycles. The zero-order chi connectivity index (χ0) is 49.8. The minimum atomic E-state index is 0.703. The summed E-state index contributed by atoms with van der Waals surface area (Å²) >= 11 is 1.77. The van der Waals surface area contributed by atoms with Gasteiger partial charge in [-0.05, 0) is 89.5 Å². The van der Waals surface area contributed by atoms with Crippen LogP contribution in [0.3, 0.4) is 0 Å². The molecule has 0 aliphatic rings. The van der Waals surface area contributed by atoms with E-state index in [2.05, 4.69) is 268 Å². The van der Waals surface area contributed by atoms with Crippen molar-refractivity contribution in [2.75, 3.05) is 0 Å². The minimum Gasteiger partial charge on any atom is -0.309 e. The molecule has 0 aliphatic carbocycles. The first-order valence-electron chi connectivity index (χ1n) is 25.8. The average Bonchev–Trinajstić information content (AvgIpc) is 4.29. The van der Waals surface area contributed by atoms with Crippen LogP contribution in [0.15, 0.2) is 261 Å². The highest BCUT2D eigenvalue weighted by atomic mass is 32.1. The van der Waals surface area contributed by atoms with Crippen LogP contribution in [0.1, 0.15) is 0 Å². The largest absolute Gasteiger partial charge is 0.309 e. The second-order valence-electron chi connectivity index (χ2n) is 19.6. The normalized spacial score (nSPS) is 11.9. The Labute approximate surface area is 441 Å². The van der Waals surface area contributed by atoms with Gasteiger partial charge in [-0.25, -0.2) is 9.97 Å². The van der Waals surface area contributed by atoms with Gasteiger partial charge in [0.2, 0.25) is 0 Å². The van der Waals surface area contributed by atoms with Crippen molar-refractivity contribution >= 4 is 97.1 Å². The maximum Gasteiger partial charge on any atom is 0.160 e. The molecule has 0 aliphatic heterocycles. The van der Waals surface area contributed by atoms with E-state index in [4.69, 9.17) is 9.97 Å². The van der Waals surface area contributed by atoms with Gasteiger partial charge in [-0.15, -0.1) is 11.3 Å². The van der Waals surface area contributed by atoms with Gasteiger partial charge in [-0.3, -0.25) is 0 Å². The number of hydrogen-bond donors (Lipinski definition) is 0. The third kappa shape index (κ3) is 6.38. The van der Waals surface area contributed by atoms with E-state index in [0.29, 0.717) is 5.82 Å². The van der Waals surface area contributed by atoms with Crippen LogP contribution in [0.5, 0.6) is 0 Å². The van der Waals surface area contributed by atoms with Crippen LogP contribution < -0.4 is 0 Å². The first-order valence-corrected chi connectivity index (χ1v) is 26.6. The molecule has 354 valence electrons. The van der Waals surface area contributed by atoms with Crippen LogP contribution in [-0.2, 0) is 0 Å². The molecule has 0 amide bonds. The Morgan fingerprint density at radius 2 is 0.842 bits per heavy atom. The number of nitrogens with zero attached hydrogens (tertiary/aromatic N) is 5. The van der Waals surface area contributed by atoms with Crippen molar-refractivity contribution in [1.82, 2.24) is 23.7 Å². The van der Waals surface area contributed by atoms with Crippen LogP contribution in [0.2, 0.25) is 0 Å². The lowest BCUT2D eigenvalue weighted by Crippen LogP contribution is -2.02. The Kier molecular flexibility index (Phi) is 9.44. The maximum atomic E-state index is 5.62. The summed E-state index contributed by atoms with van der Waals surface area (Å²) in [6.07, 6.45) is 0. The molecular formula is C70H43N5S. The highest BCUT2D eigenvalue weighted by Crippen LogP contribution is 2.49. The Morgan fingerprint density at radius 3 is 1.53 bits per heavy atom. The van der Waals surface area contributed by atoms with Crippen molar-refractivity contribution < 1.29 is 0 Å². The lowest BCUT2D eigenvalue weighted by Gasteiger charge is -2.20. The van der Waals surface area contributed by atoms with Gasteiger partial charge in [0.15, 0.2) is 5.82 Å². The number of aromatic nitrogens is 5. The second-order valence-corrected chi connectivity index (χ2v) is 20.7. The van der Waals surface area contributed by atoms with Crippen LogP contribution in [-0.4, -0.2) is 23.7 Å². The van der Waals surface area contributed by atoms with Crippen LogP contribution >= 0.6 is 11.3 Å². The molecule has 0 saturated heterocycles. The fourth-order valence-corrected chi connectivity index (χ4v) is 13.3. The molecule has 0 radical (unpaired) electrons. The molecule has 16 aromatic rings. The van der Waals surface area contributed by atoms with Crippen molar-refractivity contribution in [3.8, 4) is 62.0 Å². The molecule has 6 heteroatoms. The summed E-state index contributed by atoms with van der Waals surface area (Å²) in [6, 6.07) is 94.8. The fraction of sp³-hybridized carbons (Fsp3) is 0. The Morgan fingerprint density at radius 1 is 0.316 bits per heavy atom. The molecule has 0 unspecified atom stereocenters. The molecule has 0 fully saturated rings. The molecular weight excluding hydrogens is 943 g/mol. The maximum absolute atomic E-state index is 5.62. The summed E-state index contributed by atoms with van der Waals surface area (Å²) in [6.45, 7) is 0. The molecule has 16 rings (SSSR count). The van der Waals surface area contributed by atoms with Crippen LogP contribution in [0.4, 0.5) is 0 Å². The van der Waals surface area contributed by atoms with E-state index >= 15 is 0 Å².